The van der Waals surface area contributed by atoms with Crippen LogP contribution in [0.1, 0.15) is 39.0 Å². The van der Waals surface area contributed by atoms with E-state index in [1.165, 1.54) is 0 Å². The Kier molecular flexibility index (Phi) is 4.33. The molecule has 2 heterocycles. The Balaban J connectivity index is 1.37. The molecule has 0 bridgehead atoms. The minimum atomic E-state index is -0.332. The summed E-state index contributed by atoms with van der Waals surface area (Å²) in [7, 11) is 0. The Morgan fingerprint density at radius 1 is 1.12 bits per heavy atom. The number of carbonyl (C=O) groups is 1. The van der Waals surface area contributed by atoms with Crippen LogP contribution in [0.2, 0.25) is 0 Å². The molecule has 1 amide bonds. The lowest BCUT2D eigenvalue weighted by atomic mass is 9.89. The lowest BCUT2D eigenvalue weighted by Crippen LogP contribution is -2.48. The summed E-state index contributed by atoms with van der Waals surface area (Å²) < 4.78 is 11.6. The van der Waals surface area contributed by atoms with Crippen LogP contribution in [0.25, 0.3) is 0 Å². The molecule has 4 rings (SSSR count). The maximum absolute atomic E-state index is 12.9. The quantitative estimate of drug-likeness (QED) is 0.925. The van der Waals surface area contributed by atoms with E-state index in [0.717, 1.165) is 37.8 Å². The van der Waals surface area contributed by atoms with Crippen LogP contribution >= 0.6 is 0 Å². The van der Waals surface area contributed by atoms with Gasteiger partial charge in [0.15, 0.2) is 5.79 Å². The Hall–Kier alpha value is -1.43. The Bertz CT molecular complexity index is 576. The second-order valence-corrected chi connectivity index (χ2v) is 7.23. The van der Waals surface area contributed by atoms with E-state index in [9.17, 15) is 4.79 Å². The molecule has 1 saturated carbocycles. The summed E-state index contributed by atoms with van der Waals surface area (Å²) >= 11 is 0. The minimum Gasteiger partial charge on any atom is -0.348 e. The first kappa shape index (κ1) is 16.1. The molecule has 1 aromatic carbocycles. The Morgan fingerprint density at radius 3 is 2.46 bits per heavy atom. The van der Waals surface area contributed by atoms with Gasteiger partial charge in [0.2, 0.25) is 5.91 Å². The van der Waals surface area contributed by atoms with E-state index in [4.69, 9.17) is 9.47 Å². The fourth-order valence-corrected chi connectivity index (χ4v) is 4.34. The van der Waals surface area contributed by atoms with Crippen molar-refractivity contribution in [3.8, 4) is 0 Å². The van der Waals surface area contributed by atoms with Crippen LogP contribution in [0.15, 0.2) is 30.3 Å². The van der Waals surface area contributed by atoms with Crippen molar-refractivity contribution in [1.82, 2.24) is 5.32 Å². The summed E-state index contributed by atoms with van der Waals surface area (Å²) in [6.07, 6.45) is 4.71. The molecule has 0 unspecified atom stereocenters. The summed E-state index contributed by atoms with van der Waals surface area (Å²) in [6, 6.07) is 10.5. The number of nitrogens with one attached hydrogen (secondary N) is 1. The average Bonchev–Trinajstić information content (AvgIpc) is 3.16. The molecule has 2 saturated heterocycles. The van der Waals surface area contributed by atoms with Crippen molar-refractivity contribution in [3.63, 3.8) is 0 Å². The van der Waals surface area contributed by atoms with Crippen molar-refractivity contribution in [2.75, 3.05) is 18.1 Å². The van der Waals surface area contributed by atoms with E-state index in [0.29, 0.717) is 19.3 Å². The van der Waals surface area contributed by atoms with Gasteiger partial charge < -0.3 is 19.7 Å². The van der Waals surface area contributed by atoms with Crippen LogP contribution in [-0.4, -0.2) is 43.0 Å². The zero-order chi connectivity index (χ0) is 16.6. The molecule has 1 aromatic rings. The van der Waals surface area contributed by atoms with Crippen molar-refractivity contribution in [3.05, 3.63) is 30.3 Å². The van der Waals surface area contributed by atoms with Crippen LogP contribution in [0.4, 0.5) is 5.69 Å². The molecule has 2 atom stereocenters. The summed E-state index contributed by atoms with van der Waals surface area (Å²) in [5.74, 6) is -0.135. The highest BCUT2D eigenvalue weighted by Gasteiger charge is 2.43. The fraction of sp³-hybridized carbons (Fsp3) is 0.632. The van der Waals surface area contributed by atoms with Crippen molar-refractivity contribution in [2.45, 2.75) is 62.9 Å². The van der Waals surface area contributed by atoms with Crippen LogP contribution < -0.4 is 10.2 Å². The number of anilines is 1. The topological polar surface area (TPSA) is 50.8 Å². The molecular formula is C19H26N2O3. The van der Waals surface area contributed by atoms with E-state index in [2.05, 4.69) is 12.2 Å². The molecule has 2 aliphatic heterocycles. The average molecular weight is 330 g/mol. The number of rotatable bonds is 3. The highest BCUT2D eigenvalue weighted by atomic mass is 16.7. The fourth-order valence-electron chi connectivity index (χ4n) is 4.34. The first-order chi connectivity index (χ1) is 11.7. The summed E-state index contributed by atoms with van der Waals surface area (Å²) in [5, 5.41) is 3.60. The van der Waals surface area contributed by atoms with Gasteiger partial charge in [-0.2, -0.15) is 0 Å². The number of hydrogen-bond acceptors (Lipinski definition) is 4. The maximum atomic E-state index is 12.9. The molecule has 0 aromatic heterocycles. The molecule has 130 valence electrons. The highest BCUT2D eigenvalue weighted by molar-refractivity contribution is 6.00. The number of para-hydroxylation sites is 1. The number of nitrogens with zero attached hydrogens (tertiary/aromatic N) is 1. The number of ether oxygens (including phenoxy) is 2. The molecule has 0 radical (unpaired) electrons. The van der Waals surface area contributed by atoms with Gasteiger partial charge in [-0.1, -0.05) is 18.2 Å². The molecule has 5 heteroatoms. The summed E-state index contributed by atoms with van der Waals surface area (Å²) in [5.41, 5.74) is 0.995. The minimum absolute atomic E-state index is 0.0790. The lowest BCUT2D eigenvalue weighted by molar-refractivity contribution is -0.179. The van der Waals surface area contributed by atoms with E-state index in [-0.39, 0.29) is 23.8 Å². The molecule has 1 spiro atoms. The first-order valence-corrected chi connectivity index (χ1v) is 9.09. The zero-order valence-corrected chi connectivity index (χ0v) is 14.2. The first-order valence-electron chi connectivity index (χ1n) is 9.09. The Labute approximate surface area is 143 Å². The van der Waals surface area contributed by atoms with Gasteiger partial charge in [-0.25, -0.2) is 0 Å². The molecule has 3 fully saturated rings. The number of amides is 1. The van der Waals surface area contributed by atoms with Gasteiger partial charge in [-0.15, -0.1) is 0 Å². The highest BCUT2D eigenvalue weighted by Crippen LogP contribution is 2.36. The van der Waals surface area contributed by atoms with Gasteiger partial charge in [0, 0.05) is 30.6 Å². The third-order valence-electron chi connectivity index (χ3n) is 5.59. The summed E-state index contributed by atoms with van der Waals surface area (Å²) in [6.45, 7) is 3.55. The second-order valence-electron chi connectivity index (χ2n) is 7.23. The van der Waals surface area contributed by atoms with Crippen LogP contribution in [0.3, 0.4) is 0 Å². The van der Waals surface area contributed by atoms with Gasteiger partial charge in [-0.3, -0.25) is 4.79 Å². The van der Waals surface area contributed by atoms with Gasteiger partial charge in [0.1, 0.15) is 0 Å². The smallest absolute Gasteiger partial charge is 0.244 e. The molecule has 3 aliphatic rings. The number of hydrogen-bond donors (Lipinski definition) is 1. The van der Waals surface area contributed by atoms with E-state index < -0.39 is 0 Å². The predicted molar refractivity (Wildman–Crippen MR) is 91.8 cm³/mol. The van der Waals surface area contributed by atoms with Crippen LogP contribution in [0, 0.1) is 0 Å². The van der Waals surface area contributed by atoms with E-state index >= 15 is 0 Å². The van der Waals surface area contributed by atoms with Crippen molar-refractivity contribution in [2.24, 2.45) is 0 Å². The predicted octanol–water partition coefficient (Wildman–Crippen LogP) is 2.46. The van der Waals surface area contributed by atoms with Gasteiger partial charge in [0.05, 0.1) is 19.3 Å². The van der Waals surface area contributed by atoms with Gasteiger partial charge in [-0.05, 0) is 38.3 Å². The zero-order valence-electron chi connectivity index (χ0n) is 14.2. The number of benzene rings is 1. The third kappa shape index (κ3) is 2.96. The molecule has 24 heavy (non-hydrogen) atoms. The number of carbonyl (C=O) groups excluding carboxylic acids is 1. The van der Waals surface area contributed by atoms with Crippen molar-refractivity contribution in [1.29, 1.82) is 0 Å². The van der Waals surface area contributed by atoms with Crippen molar-refractivity contribution >= 4 is 11.6 Å². The molecule has 1 aliphatic carbocycles. The summed E-state index contributed by atoms with van der Waals surface area (Å²) in [4.78, 5) is 14.8. The standard InChI is InChI=1S/C19H26N2O3/c1-14-13-17(18(22)21(14)16-5-3-2-4-6-16)20-15-7-9-19(10-8-15)23-11-12-24-19/h2-6,14-15,17,20H,7-13H2,1H3/t14-,17-/m1/s1. The Morgan fingerprint density at radius 2 is 1.79 bits per heavy atom. The SMILES string of the molecule is C[C@@H]1C[C@@H](NC2CCC3(CC2)OCCO3)C(=O)N1c1ccccc1. The molecular weight excluding hydrogens is 304 g/mol. The second kappa shape index (κ2) is 6.47. The van der Waals surface area contributed by atoms with Crippen LogP contribution in [-0.2, 0) is 14.3 Å². The van der Waals surface area contributed by atoms with Crippen LogP contribution in [0.5, 0.6) is 0 Å². The third-order valence-corrected chi connectivity index (χ3v) is 5.59. The monoisotopic (exact) mass is 330 g/mol. The normalized spacial score (nSPS) is 30.4. The van der Waals surface area contributed by atoms with Gasteiger partial charge in [0.25, 0.3) is 0 Å². The lowest BCUT2D eigenvalue weighted by Gasteiger charge is -2.36. The van der Waals surface area contributed by atoms with Gasteiger partial charge >= 0.3 is 0 Å². The van der Waals surface area contributed by atoms with Crippen molar-refractivity contribution < 1.29 is 14.3 Å². The van der Waals surface area contributed by atoms with E-state index in [1.54, 1.807) is 0 Å². The maximum Gasteiger partial charge on any atom is 0.244 e. The largest absolute Gasteiger partial charge is 0.348 e. The van der Waals surface area contributed by atoms with E-state index in [1.807, 2.05) is 35.2 Å². The molecule has 1 N–H and O–H groups in total. The molecule has 5 nitrogen and oxygen atoms in total.